The summed E-state index contributed by atoms with van der Waals surface area (Å²) in [6, 6.07) is 3.35. The van der Waals surface area contributed by atoms with Crippen molar-refractivity contribution in [2.75, 3.05) is 6.61 Å². The Balaban J connectivity index is 2.36. The first-order chi connectivity index (χ1) is 9.30. The summed E-state index contributed by atoms with van der Waals surface area (Å²) in [6.07, 6.45) is 1.21. The maximum absolute atomic E-state index is 12.0. The zero-order valence-electron chi connectivity index (χ0n) is 12.4. The monoisotopic (exact) mass is 276 g/mol. The summed E-state index contributed by atoms with van der Waals surface area (Å²) >= 11 is 0. The van der Waals surface area contributed by atoms with Gasteiger partial charge in [0.1, 0.15) is 11.5 Å². The van der Waals surface area contributed by atoms with E-state index in [-0.39, 0.29) is 11.8 Å². The van der Waals surface area contributed by atoms with Crippen molar-refractivity contribution in [3.05, 3.63) is 23.3 Å². The summed E-state index contributed by atoms with van der Waals surface area (Å²) in [4.78, 5) is 23.9. The number of fused-ring (bicyclic) bond motifs is 1. The molecule has 0 saturated carbocycles. The maximum Gasteiger partial charge on any atom is 0.316 e. The van der Waals surface area contributed by atoms with E-state index >= 15 is 0 Å². The topological polar surface area (TPSA) is 52.6 Å². The van der Waals surface area contributed by atoms with Gasteiger partial charge in [-0.15, -0.1) is 0 Å². The number of ketones is 1. The lowest BCUT2D eigenvalue weighted by Crippen LogP contribution is -2.26. The van der Waals surface area contributed by atoms with Crippen LogP contribution in [0.15, 0.2) is 12.1 Å². The van der Waals surface area contributed by atoms with Crippen LogP contribution in [0.4, 0.5) is 0 Å². The van der Waals surface area contributed by atoms with E-state index in [0.717, 1.165) is 0 Å². The molecule has 0 unspecified atom stereocenters. The molecule has 0 aromatic heterocycles. The molecular weight excluding hydrogens is 256 g/mol. The lowest BCUT2D eigenvalue weighted by molar-refractivity contribution is -0.143. The van der Waals surface area contributed by atoms with Gasteiger partial charge in [0.05, 0.1) is 17.6 Å². The molecule has 108 valence electrons. The standard InChI is InChI=1S/C16H20O4/c1-10-13(20-15(18)16(2,3)4)8-7-11-12(17)6-5-9-19-14(10)11/h7-8H,5-6,9H2,1-4H3. The summed E-state index contributed by atoms with van der Waals surface area (Å²) in [6.45, 7) is 7.72. The number of Topliss-reactive ketones (excluding diaryl/α,β-unsaturated/α-hetero) is 1. The van der Waals surface area contributed by atoms with Crippen LogP contribution in [0.3, 0.4) is 0 Å². The second kappa shape index (κ2) is 5.27. The molecule has 1 aliphatic rings. The van der Waals surface area contributed by atoms with Crippen molar-refractivity contribution in [3.63, 3.8) is 0 Å². The number of rotatable bonds is 1. The largest absolute Gasteiger partial charge is 0.492 e. The minimum absolute atomic E-state index is 0.0781. The van der Waals surface area contributed by atoms with Crippen molar-refractivity contribution >= 4 is 11.8 Å². The molecule has 0 bridgehead atoms. The number of benzene rings is 1. The first kappa shape index (κ1) is 14.6. The Morgan fingerprint density at radius 2 is 2.00 bits per heavy atom. The Morgan fingerprint density at radius 1 is 1.30 bits per heavy atom. The van der Waals surface area contributed by atoms with E-state index in [9.17, 15) is 9.59 Å². The highest BCUT2D eigenvalue weighted by atomic mass is 16.5. The highest BCUT2D eigenvalue weighted by molar-refractivity contribution is 5.99. The average molecular weight is 276 g/mol. The van der Waals surface area contributed by atoms with Gasteiger partial charge < -0.3 is 9.47 Å². The van der Waals surface area contributed by atoms with Crippen LogP contribution < -0.4 is 9.47 Å². The van der Waals surface area contributed by atoms with Crippen molar-refractivity contribution in [1.82, 2.24) is 0 Å². The maximum atomic E-state index is 12.0. The minimum atomic E-state index is -0.574. The lowest BCUT2D eigenvalue weighted by Gasteiger charge is -2.19. The fourth-order valence-electron chi connectivity index (χ4n) is 1.98. The third-order valence-corrected chi connectivity index (χ3v) is 3.27. The second-order valence-electron chi connectivity index (χ2n) is 6.08. The predicted molar refractivity (Wildman–Crippen MR) is 75.3 cm³/mol. The molecule has 0 atom stereocenters. The van der Waals surface area contributed by atoms with E-state index in [4.69, 9.17) is 9.47 Å². The predicted octanol–water partition coefficient (Wildman–Crippen LogP) is 3.30. The van der Waals surface area contributed by atoms with Crippen LogP contribution in [0.25, 0.3) is 0 Å². The van der Waals surface area contributed by atoms with E-state index in [2.05, 4.69) is 0 Å². The van der Waals surface area contributed by atoms with E-state index in [0.29, 0.717) is 42.1 Å². The first-order valence-electron chi connectivity index (χ1n) is 6.82. The van der Waals surface area contributed by atoms with E-state index in [1.54, 1.807) is 32.9 Å². The van der Waals surface area contributed by atoms with Crippen LogP contribution in [0.1, 0.15) is 49.5 Å². The molecule has 1 heterocycles. The number of carbonyl (C=O) groups is 2. The molecule has 0 fully saturated rings. The minimum Gasteiger partial charge on any atom is -0.492 e. The fraction of sp³-hybridized carbons (Fsp3) is 0.500. The van der Waals surface area contributed by atoms with Crippen LogP contribution in [-0.4, -0.2) is 18.4 Å². The highest BCUT2D eigenvalue weighted by Gasteiger charge is 2.26. The second-order valence-corrected chi connectivity index (χ2v) is 6.08. The summed E-state index contributed by atoms with van der Waals surface area (Å²) in [7, 11) is 0. The van der Waals surface area contributed by atoms with Gasteiger partial charge in [0.25, 0.3) is 0 Å². The average Bonchev–Trinajstić information content (AvgIpc) is 2.54. The van der Waals surface area contributed by atoms with Gasteiger partial charge >= 0.3 is 5.97 Å². The Labute approximate surface area is 119 Å². The molecule has 1 aromatic rings. The zero-order chi connectivity index (χ0) is 14.9. The lowest BCUT2D eigenvalue weighted by atomic mass is 9.97. The van der Waals surface area contributed by atoms with Crippen molar-refractivity contribution in [2.24, 2.45) is 5.41 Å². The van der Waals surface area contributed by atoms with Gasteiger partial charge in [-0.2, -0.15) is 0 Å². The number of hydrogen-bond acceptors (Lipinski definition) is 4. The molecule has 20 heavy (non-hydrogen) atoms. The third kappa shape index (κ3) is 2.84. The van der Waals surface area contributed by atoms with Crippen molar-refractivity contribution < 1.29 is 19.1 Å². The molecule has 0 N–H and O–H groups in total. The molecular formula is C16H20O4. The van der Waals surface area contributed by atoms with Crippen LogP contribution in [0, 0.1) is 12.3 Å². The van der Waals surface area contributed by atoms with Crippen LogP contribution >= 0.6 is 0 Å². The van der Waals surface area contributed by atoms with Gasteiger partial charge in [-0.05, 0) is 46.2 Å². The summed E-state index contributed by atoms with van der Waals surface area (Å²) < 4.78 is 11.1. The Kier molecular flexibility index (Phi) is 3.84. The number of ether oxygens (including phenoxy) is 2. The van der Waals surface area contributed by atoms with Gasteiger partial charge in [-0.1, -0.05) is 0 Å². The molecule has 0 saturated heterocycles. The van der Waals surface area contributed by atoms with E-state index in [1.807, 2.05) is 6.92 Å². The van der Waals surface area contributed by atoms with Gasteiger partial charge in [-0.3, -0.25) is 9.59 Å². The Bertz CT molecular complexity index is 552. The van der Waals surface area contributed by atoms with E-state index < -0.39 is 5.41 Å². The normalized spacial score (nSPS) is 15.1. The molecule has 0 radical (unpaired) electrons. The first-order valence-corrected chi connectivity index (χ1v) is 6.82. The number of carbonyl (C=O) groups excluding carboxylic acids is 2. The Hall–Kier alpha value is -1.84. The smallest absolute Gasteiger partial charge is 0.316 e. The summed E-state index contributed by atoms with van der Waals surface area (Å²) in [5, 5.41) is 0. The van der Waals surface area contributed by atoms with Gasteiger partial charge in [-0.25, -0.2) is 0 Å². The SMILES string of the molecule is Cc1c(OC(=O)C(C)(C)C)ccc2c1OCCCC2=O. The molecule has 0 amide bonds. The van der Waals surface area contributed by atoms with Crippen LogP contribution in [0.2, 0.25) is 0 Å². The fourth-order valence-corrected chi connectivity index (χ4v) is 1.98. The molecule has 1 aliphatic heterocycles. The molecule has 4 heteroatoms. The highest BCUT2D eigenvalue weighted by Crippen LogP contribution is 2.35. The van der Waals surface area contributed by atoms with E-state index in [1.165, 1.54) is 0 Å². The van der Waals surface area contributed by atoms with Crippen LogP contribution in [-0.2, 0) is 4.79 Å². The molecule has 4 nitrogen and oxygen atoms in total. The molecule has 0 spiro atoms. The van der Waals surface area contributed by atoms with Gasteiger partial charge in [0.15, 0.2) is 5.78 Å². The van der Waals surface area contributed by atoms with Crippen LogP contribution in [0.5, 0.6) is 11.5 Å². The summed E-state index contributed by atoms with van der Waals surface area (Å²) in [5.74, 6) is 0.778. The molecule has 1 aromatic carbocycles. The van der Waals surface area contributed by atoms with Crippen molar-refractivity contribution in [3.8, 4) is 11.5 Å². The third-order valence-electron chi connectivity index (χ3n) is 3.27. The quantitative estimate of drug-likeness (QED) is 0.583. The zero-order valence-corrected chi connectivity index (χ0v) is 12.4. The number of hydrogen-bond donors (Lipinski definition) is 0. The molecule has 0 aliphatic carbocycles. The van der Waals surface area contributed by atoms with Crippen molar-refractivity contribution in [2.45, 2.75) is 40.5 Å². The Morgan fingerprint density at radius 3 is 2.65 bits per heavy atom. The van der Waals surface area contributed by atoms with Gasteiger partial charge in [0.2, 0.25) is 0 Å². The summed E-state index contributed by atoms with van der Waals surface area (Å²) in [5.41, 5.74) is 0.710. The van der Waals surface area contributed by atoms with Gasteiger partial charge in [0, 0.05) is 12.0 Å². The van der Waals surface area contributed by atoms with Crippen molar-refractivity contribution in [1.29, 1.82) is 0 Å². The number of esters is 1. The molecule has 2 rings (SSSR count).